The summed E-state index contributed by atoms with van der Waals surface area (Å²) in [6, 6.07) is 0. The number of hydrogen-bond donors (Lipinski definition) is 1. The number of anilines is 1. The Hall–Kier alpha value is -1.35. The molecule has 1 aromatic carbocycles. The first-order valence-corrected chi connectivity index (χ1v) is 5.82. The summed E-state index contributed by atoms with van der Waals surface area (Å²) in [4.78, 5) is 23.3. The Morgan fingerprint density at radius 3 is 1.94 bits per heavy atom. The number of halogens is 1. The molecule has 4 heteroatoms. The molecule has 0 heterocycles. The van der Waals surface area contributed by atoms with Crippen LogP contribution < -0.4 is 5.73 Å². The Labute approximate surface area is 106 Å². The molecule has 3 nitrogen and oxygen atoms in total. The van der Waals surface area contributed by atoms with E-state index in [0.29, 0.717) is 34.4 Å². The number of rotatable bonds is 3. The van der Waals surface area contributed by atoms with Crippen molar-refractivity contribution in [2.75, 3.05) is 5.73 Å². The maximum Gasteiger partial charge on any atom is 0.253 e. The van der Waals surface area contributed by atoms with Crippen LogP contribution in [0.3, 0.4) is 0 Å². The standard InChI is InChI=1S/C13H16ClNO2/c1-5-9(16)10-6(2)11(13(14)17)8(4)12(15)7(10)3/h5,15H2,1-4H3. The maximum absolute atomic E-state index is 11.9. The molecule has 17 heavy (non-hydrogen) atoms. The van der Waals surface area contributed by atoms with Crippen molar-refractivity contribution in [3.05, 3.63) is 27.8 Å². The smallest absolute Gasteiger partial charge is 0.253 e. The van der Waals surface area contributed by atoms with Gasteiger partial charge in [-0.1, -0.05) is 6.92 Å². The van der Waals surface area contributed by atoms with E-state index in [4.69, 9.17) is 17.3 Å². The van der Waals surface area contributed by atoms with Gasteiger partial charge in [-0.25, -0.2) is 0 Å². The van der Waals surface area contributed by atoms with E-state index < -0.39 is 5.24 Å². The Bertz CT molecular complexity index is 507. The zero-order valence-corrected chi connectivity index (χ0v) is 11.2. The first-order chi connectivity index (χ1) is 7.82. The quantitative estimate of drug-likeness (QED) is 0.511. The van der Waals surface area contributed by atoms with Crippen LogP contribution in [0.5, 0.6) is 0 Å². The average molecular weight is 254 g/mol. The zero-order chi connectivity index (χ0) is 13.3. The van der Waals surface area contributed by atoms with Gasteiger partial charge in [0.05, 0.1) is 0 Å². The van der Waals surface area contributed by atoms with Crippen molar-refractivity contribution in [2.24, 2.45) is 0 Å². The molecule has 0 unspecified atom stereocenters. The lowest BCUT2D eigenvalue weighted by molar-refractivity contribution is 0.0987. The van der Waals surface area contributed by atoms with Crippen molar-refractivity contribution >= 4 is 28.3 Å². The van der Waals surface area contributed by atoms with Gasteiger partial charge >= 0.3 is 0 Å². The summed E-state index contributed by atoms with van der Waals surface area (Å²) >= 11 is 5.55. The first-order valence-electron chi connectivity index (χ1n) is 5.45. The van der Waals surface area contributed by atoms with Crippen molar-refractivity contribution in [2.45, 2.75) is 34.1 Å². The summed E-state index contributed by atoms with van der Waals surface area (Å²) in [5.41, 5.74) is 9.27. The molecule has 0 atom stereocenters. The fourth-order valence-corrected chi connectivity index (χ4v) is 2.41. The van der Waals surface area contributed by atoms with Crippen molar-refractivity contribution in [3.63, 3.8) is 0 Å². The highest BCUT2D eigenvalue weighted by atomic mass is 35.5. The molecule has 0 amide bonds. The minimum atomic E-state index is -0.572. The Morgan fingerprint density at radius 1 is 1.06 bits per heavy atom. The molecule has 0 aliphatic heterocycles. The molecular formula is C13H16ClNO2. The number of Topliss-reactive ketones (excluding diaryl/α,β-unsaturated/α-hetero) is 1. The number of benzene rings is 1. The van der Waals surface area contributed by atoms with Crippen molar-refractivity contribution in [3.8, 4) is 0 Å². The minimum absolute atomic E-state index is 0.0223. The van der Waals surface area contributed by atoms with E-state index in [0.717, 1.165) is 5.56 Å². The molecule has 0 radical (unpaired) electrons. The van der Waals surface area contributed by atoms with Crippen molar-refractivity contribution in [1.29, 1.82) is 0 Å². The van der Waals surface area contributed by atoms with Gasteiger partial charge in [0.15, 0.2) is 5.78 Å². The SMILES string of the molecule is CCC(=O)c1c(C)c(N)c(C)c(C(=O)Cl)c1C. The largest absolute Gasteiger partial charge is 0.398 e. The highest BCUT2D eigenvalue weighted by molar-refractivity contribution is 6.68. The fourth-order valence-electron chi connectivity index (χ4n) is 2.13. The number of ketones is 1. The summed E-state index contributed by atoms with van der Waals surface area (Å²) in [6.45, 7) is 7.04. The van der Waals surface area contributed by atoms with E-state index in [1.807, 2.05) is 0 Å². The van der Waals surface area contributed by atoms with Gasteiger partial charge in [-0.15, -0.1) is 0 Å². The fraction of sp³-hybridized carbons (Fsp3) is 0.385. The molecular weight excluding hydrogens is 238 g/mol. The zero-order valence-electron chi connectivity index (χ0n) is 10.5. The highest BCUT2D eigenvalue weighted by Crippen LogP contribution is 2.30. The molecule has 2 N–H and O–H groups in total. The van der Waals surface area contributed by atoms with Gasteiger partial charge in [0.1, 0.15) is 0 Å². The highest BCUT2D eigenvalue weighted by Gasteiger charge is 2.22. The van der Waals surface area contributed by atoms with Crippen molar-refractivity contribution in [1.82, 2.24) is 0 Å². The number of nitrogens with two attached hydrogens (primary N) is 1. The van der Waals surface area contributed by atoms with E-state index in [1.165, 1.54) is 0 Å². The number of nitrogen functional groups attached to an aromatic ring is 1. The van der Waals surface area contributed by atoms with Gasteiger partial charge in [-0.3, -0.25) is 9.59 Å². The third kappa shape index (κ3) is 2.20. The molecule has 0 aliphatic carbocycles. The molecule has 0 saturated heterocycles. The van der Waals surface area contributed by atoms with E-state index >= 15 is 0 Å². The third-order valence-electron chi connectivity index (χ3n) is 3.10. The van der Waals surface area contributed by atoms with Crippen LogP contribution in [0.25, 0.3) is 0 Å². The monoisotopic (exact) mass is 253 g/mol. The topological polar surface area (TPSA) is 60.2 Å². The van der Waals surface area contributed by atoms with Gasteiger partial charge in [-0.05, 0) is 49.1 Å². The first kappa shape index (κ1) is 13.7. The molecule has 0 fully saturated rings. The van der Waals surface area contributed by atoms with Crippen LogP contribution in [0, 0.1) is 20.8 Å². The van der Waals surface area contributed by atoms with E-state index in [9.17, 15) is 9.59 Å². The lowest BCUT2D eigenvalue weighted by Crippen LogP contribution is -2.12. The lowest BCUT2D eigenvalue weighted by Gasteiger charge is -2.17. The molecule has 92 valence electrons. The predicted molar refractivity (Wildman–Crippen MR) is 69.9 cm³/mol. The summed E-state index contributed by atoms with van der Waals surface area (Å²) in [5, 5.41) is -0.572. The Morgan fingerprint density at radius 2 is 1.53 bits per heavy atom. The molecule has 0 aliphatic rings. The third-order valence-corrected chi connectivity index (χ3v) is 3.29. The van der Waals surface area contributed by atoms with Gasteiger partial charge < -0.3 is 5.73 Å². The van der Waals surface area contributed by atoms with Gasteiger partial charge in [0.2, 0.25) is 0 Å². The van der Waals surface area contributed by atoms with Crippen LogP contribution in [-0.4, -0.2) is 11.0 Å². The number of hydrogen-bond acceptors (Lipinski definition) is 3. The number of carbonyl (C=O) groups is 2. The van der Waals surface area contributed by atoms with Crippen LogP contribution in [0.15, 0.2) is 0 Å². The molecule has 0 aromatic heterocycles. The molecule has 1 aromatic rings. The normalized spacial score (nSPS) is 10.4. The van der Waals surface area contributed by atoms with E-state index in [-0.39, 0.29) is 5.78 Å². The number of carbonyl (C=O) groups excluding carboxylic acids is 2. The summed E-state index contributed by atoms with van der Waals surface area (Å²) in [5.74, 6) is -0.0223. The van der Waals surface area contributed by atoms with Gasteiger partial charge in [-0.2, -0.15) is 0 Å². The van der Waals surface area contributed by atoms with Crippen LogP contribution in [0.2, 0.25) is 0 Å². The van der Waals surface area contributed by atoms with Crippen LogP contribution in [0.4, 0.5) is 5.69 Å². The van der Waals surface area contributed by atoms with Gasteiger partial charge in [0, 0.05) is 23.2 Å². The Kier molecular flexibility index (Phi) is 3.94. The molecule has 1 rings (SSSR count). The summed E-state index contributed by atoms with van der Waals surface area (Å²) in [7, 11) is 0. The minimum Gasteiger partial charge on any atom is -0.398 e. The second-order valence-corrected chi connectivity index (χ2v) is 4.43. The predicted octanol–water partition coefficient (Wildman–Crippen LogP) is 3.17. The maximum atomic E-state index is 11.9. The van der Waals surface area contributed by atoms with E-state index in [2.05, 4.69) is 0 Å². The van der Waals surface area contributed by atoms with Crippen LogP contribution in [0.1, 0.15) is 50.8 Å². The molecule has 0 bridgehead atoms. The summed E-state index contributed by atoms with van der Waals surface area (Å²) in [6.07, 6.45) is 0.375. The lowest BCUT2D eigenvalue weighted by atomic mass is 9.89. The summed E-state index contributed by atoms with van der Waals surface area (Å²) < 4.78 is 0. The van der Waals surface area contributed by atoms with Crippen LogP contribution >= 0.6 is 11.6 Å². The van der Waals surface area contributed by atoms with Gasteiger partial charge in [0.25, 0.3) is 5.24 Å². The molecule has 0 saturated carbocycles. The Balaban J connectivity index is 3.74. The second-order valence-electron chi connectivity index (χ2n) is 4.09. The van der Waals surface area contributed by atoms with E-state index in [1.54, 1.807) is 27.7 Å². The van der Waals surface area contributed by atoms with Crippen LogP contribution in [-0.2, 0) is 0 Å². The van der Waals surface area contributed by atoms with Crippen molar-refractivity contribution < 1.29 is 9.59 Å². The molecule has 0 spiro atoms. The average Bonchev–Trinajstić information content (AvgIpc) is 2.25. The second kappa shape index (κ2) is 4.88.